The zero-order chi connectivity index (χ0) is 30.1. The molecule has 8 nitrogen and oxygen atoms in total. The summed E-state index contributed by atoms with van der Waals surface area (Å²) >= 11 is 0. The van der Waals surface area contributed by atoms with Gasteiger partial charge in [-0.2, -0.15) is 0 Å². The second kappa shape index (κ2) is 23.2. The lowest BCUT2D eigenvalue weighted by Crippen LogP contribution is -2.31. The first-order chi connectivity index (χ1) is 20.0. The number of likely N-dealkylation sites (tertiary alicyclic amines) is 2. The summed E-state index contributed by atoms with van der Waals surface area (Å²) in [6.45, 7) is 14.5. The number of carbonyl (C=O) groups is 2. The average Bonchev–Trinajstić information content (AvgIpc) is 3.69. The van der Waals surface area contributed by atoms with Gasteiger partial charge >= 0.3 is 0 Å². The highest BCUT2D eigenvalue weighted by atomic mass is 16.4. The Labute approximate surface area is 247 Å². The minimum atomic E-state index is 0.00463. The van der Waals surface area contributed by atoms with E-state index in [0.29, 0.717) is 11.8 Å². The molecule has 0 unspecified atom stereocenters. The Bertz CT molecular complexity index is 1010. The van der Waals surface area contributed by atoms with Crippen LogP contribution in [0.15, 0.2) is 77.6 Å². The van der Waals surface area contributed by atoms with Gasteiger partial charge in [0.15, 0.2) is 0 Å². The molecule has 0 bridgehead atoms. The van der Waals surface area contributed by atoms with E-state index >= 15 is 0 Å². The number of aromatic nitrogens is 2. The predicted molar refractivity (Wildman–Crippen MR) is 167 cm³/mol. The molecule has 2 saturated heterocycles. The van der Waals surface area contributed by atoms with Gasteiger partial charge in [-0.3, -0.25) is 14.5 Å². The Morgan fingerprint density at radius 1 is 1.05 bits per heavy atom. The third-order valence-electron chi connectivity index (χ3n) is 6.50. The number of nitrogens with zero attached hydrogens (tertiary/aromatic N) is 4. The molecular formula is C33H51N5O3. The van der Waals surface area contributed by atoms with Gasteiger partial charge in [0.1, 0.15) is 0 Å². The molecule has 1 aromatic carbocycles. The number of amides is 2. The van der Waals surface area contributed by atoms with Crippen molar-refractivity contribution in [2.24, 2.45) is 0 Å². The first-order valence-electron chi connectivity index (χ1n) is 14.9. The number of rotatable bonds is 10. The van der Waals surface area contributed by atoms with Gasteiger partial charge in [0, 0.05) is 46.4 Å². The summed E-state index contributed by atoms with van der Waals surface area (Å²) in [6, 6.07) is 10.3. The minimum absolute atomic E-state index is 0.00463. The summed E-state index contributed by atoms with van der Waals surface area (Å²) < 4.78 is 5.03. The van der Waals surface area contributed by atoms with E-state index in [0.717, 1.165) is 51.7 Å². The SMILES string of the molecule is C=C/C=C(\C/C=C\CN1CCCC1=O)CN1CCCCC1.CC.CNC(C)=O.c1ccc(CCc2nnco2)cc1. The van der Waals surface area contributed by atoms with Gasteiger partial charge in [0.25, 0.3) is 0 Å². The Hall–Kier alpha value is -3.52. The van der Waals surface area contributed by atoms with Gasteiger partial charge in [0.05, 0.1) is 0 Å². The number of nitrogens with one attached hydrogen (secondary N) is 1. The minimum Gasteiger partial charge on any atom is -0.428 e. The number of allylic oxidation sites excluding steroid dienone is 3. The van der Waals surface area contributed by atoms with Gasteiger partial charge in [-0.05, 0) is 50.8 Å². The van der Waals surface area contributed by atoms with Crippen molar-refractivity contribution in [3.05, 3.63) is 84.6 Å². The average molecular weight is 566 g/mol. The lowest BCUT2D eigenvalue weighted by atomic mass is 10.1. The quantitative estimate of drug-likeness (QED) is 0.290. The van der Waals surface area contributed by atoms with E-state index in [2.05, 4.69) is 57.4 Å². The zero-order valence-electron chi connectivity index (χ0n) is 25.7. The second-order valence-electron chi connectivity index (χ2n) is 9.64. The summed E-state index contributed by atoms with van der Waals surface area (Å²) in [6.07, 6.45) is 18.2. The van der Waals surface area contributed by atoms with Crippen molar-refractivity contribution in [2.75, 3.05) is 39.8 Å². The topological polar surface area (TPSA) is 91.6 Å². The number of aryl methyl sites for hydroxylation is 2. The molecular weight excluding hydrogens is 514 g/mol. The number of piperidine rings is 1. The second-order valence-corrected chi connectivity index (χ2v) is 9.64. The van der Waals surface area contributed by atoms with E-state index in [9.17, 15) is 9.59 Å². The molecule has 2 fully saturated rings. The summed E-state index contributed by atoms with van der Waals surface area (Å²) in [4.78, 5) is 25.7. The molecule has 2 aliphatic heterocycles. The van der Waals surface area contributed by atoms with Gasteiger partial charge in [-0.25, -0.2) is 0 Å². The maximum absolute atomic E-state index is 11.5. The number of carbonyl (C=O) groups excluding carboxylic acids is 2. The Balaban J connectivity index is 0.000000356. The van der Waals surface area contributed by atoms with E-state index < -0.39 is 0 Å². The molecule has 2 amide bonds. The highest BCUT2D eigenvalue weighted by molar-refractivity contribution is 5.78. The van der Waals surface area contributed by atoms with Crippen LogP contribution in [0.25, 0.3) is 0 Å². The normalized spacial score (nSPS) is 15.2. The molecule has 8 heteroatoms. The van der Waals surface area contributed by atoms with Crippen LogP contribution in [0.2, 0.25) is 0 Å². The fourth-order valence-electron chi connectivity index (χ4n) is 4.29. The van der Waals surface area contributed by atoms with Crippen molar-refractivity contribution in [1.29, 1.82) is 0 Å². The van der Waals surface area contributed by atoms with Crippen LogP contribution >= 0.6 is 0 Å². The van der Waals surface area contributed by atoms with E-state index in [4.69, 9.17) is 4.42 Å². The number of hydrogen-bond acceptors (Lipinski definition) is 6. The van der Waals surface area contributed by atoms with E-state index in [1.165, 1.54) is 56.8 Å². The molecule has 2 aromatic rings. The van der Waals surface area contributed by atoms with Gasteiger partial charge in [0.2, 0.25) is 24.1 Å². The molecule has 0 radical (unpaired) electrons. The highest BCUT2D eigenvalue weighted by Crippen LogP contribution is 2.14. The van der Waals surface area contributed by atoms with Gasteiger partial charge in [-0.1, -0.05) is 87.1 Å². The maximum atomic E-state index is 11.5. The number of hydrogen-bond donors (Lipinski definition) is 1. The van der Waals surface area contributed by atoms with Crippen molar-refractivity contribution in [3.8, 4) is 0 Å². The molecule has 1 aromatic heterocycles. The summed E-state index contributed by atoms with van der Waals surface area (Å²) in [5.41, 5.74) is 2.71. The molecule has 2 aliphatic rings. The van der Waals surface area contributed by atoms with Crippen LogP contribution in [0, 0.1) is 0 Å². The maximum Gasteiger partial charge on any atom is 0.222 e. The summed E-state index contributed by atoms with van der Waals surface area (Å²) in [7, 11) is 1.60. The molecule has 226 valence electrons. The molecule has 0 aliphatic carbocycles. The van der Waals surface area contributed by atoms with E-state index in [1.54, 1.807) is 7.05 Å². The van der Waals surface area contributed by atoms with E-state index in [-0.39, 0.29) is 5.91 Å². The van der Waals surface area contributed by atoms with Crippen molar-refractivity contribution >= 4 is 11.8 Å². The summed E-state index contributed by atoms with van der Waals surface area (Å²) in [5, 5.41) is 9.82. The zero-order valence-corrected chi connectivity index (χ0v) is 25.7. The van der Waals surface area contributed by atoms with Crippen molar-refractivity contribution in [2.45, 2.75) is 72.1 Å². The van der Waals surface area contributed by atoms with Crippen LogP contribution in [0.1, 0.15) is 70.8 Å². The fourth-order valence-corrected chi connectivity index (χ4v) is 4.29. The molecule has 0 saturated carbocycles. The molecule has 3 heterocycles. The molecule has 4 rings (SSSR count). The third-order valence-corrected chi connectivity index (χ3v) is 6.50. The Morgan fingerprint density at radius 3 is 2.32 bits per heavy atom. The first kappa shape index (κ1) is 35.5. The Morgan fingerprint density at radius 2 is 1.76 bits per heavy atom. The van der Waals surface area contributed by atoms with Crippen LogP contribution < -0.4 is 5.32 Å². The van der Waals surface area contributed by atoms with Gasteiger partial charge in [-0.15, -0.1) is 10.2 Å². The molecule has 41 heavy (non-hydrogen) atoms. The monoisotopic (exact) mass is 565 g/mol. The first-order valence-corrected chi connectivity index (χ1v) is 14.9. The third kappa shape index (κ3) is 17.0. The van der Waals surface area contributed by atoms with Crippen molar-refractivity contribution in [3.63, 3.8) is 0 Å². The summed E-state index contributed by atoms with van der Waals surface area (Å²) in [5.74, 6) is 1.00. The standard InChI is InChI=1S/C18H28N2O.C10H10N2O.C3H7NO.C2H6/c1-2-9-17(16-19-12-5-3-6-13-19)10-4-7-14-20-15-8-11-18(20)21;1-2-4-9(5-3-1)6-7-10-12-11-8-13-10;1-3(5)4-2;1-2/h2,4,7,9H,1,3,5-6,8,10-16H2;1-5,8H,6-7H2;1-2H3,(H,4,5);1-2H3/b7-4-,17-9+;;;. The lowest BCUT2D eigenvalue weighted by Gasteiger charge is -2.27. The van der Waals surface area contributed by atoms with E-state index in [1.807, 2.05) is 43.0 Å². The van der Waals surface area contributed by atoms with Crippen LogP contribution in [-0.2, 0) is 22.4 Å². The molecule has 0 atom stereocenters. The molecule has 1 N–H and O–H groups in total. The van der Waals surface area contributed by atoms with Crippen LogP contribution in [0.3, 0.4) is 0 Å². The van der Waals surface area contributed by atoms with Gasteiger partial charge < -0.3 is 14.6 Å². The lowest BCUT2D eigenvalue weighted by molar-refractivity contribution is -0.127. The van der Waals surface area contributed by atoms with Crippen molar-refractivity contribution < 1.29 is 14.0 Å². The largest absolute Gasteiger partial charge is 0.428 e. The molecule has 0 spiro atoms. The number of benzene rings is 1. The Kier molecular flexibility index (Phi) is 20.1. The fraction of sp³-hybridized carbons (Fsp3) is 0.515. The van der Waals surface area contributed by atoms with Crippen LogP contribution in [0.4, 0.5) is 0 Å². The van der Waals surface area contributed by atoms with Crippen LogP contribution in [0.5, 0.6) is 0 Å². The smallest absolute Gasteiger partial charge is 0.222 e. The van der Waals surface area contributed by atoms with Crippen LogP contribution in [-0.4, -0.2) is 71.6 Å². The van der Waals surface area contributed by atoms with Crippen molar-refractivity contribution in [1.82, 2.24) is 25.3 Å². The predicted octanol–water partition coefficient (Wildman–Crippen LogP) is 5.79. The highest BCUT2D eigenvalue weighted by Gasteiger charge is 2.18.